The maximum atomic E-state index is 12.5. The number of amides is 1. The van der Waals surface area contributed by atoms with Crippen molar-refractivity contribution in [1.29, 1.82) is 0 Å². The Bertz CT molecular complexity index is 960. The molecule has 10 heteroatoms. The van der Waals surface area contributed by atoms with Gasteiger partial charge in [0.25, 0.3) is 5.91 Å². The molecule has 0 saturated carbocycles. The molecule has 3 aromatic heterocycles. The zero-order valence-electron chi connectivity index (χ0n) is 16.1. The van der Waals surface area contributed by atoms with Crippen molar-refractivity contribution in [3.05, 3.63) is 30.1 Å². The van der Waals surface area contributed by atoms with E-state index in [-0.39, 0.29) is 5.91 Å². The molecule has 3 rings (SSSR count). The topological polar surface area (TPSA) is 97.6 Å². The highest BCUT2D eigenvalue weighted by Crippen LogP contribution is 2.23. The van der Waals surface area contributed by atoms with E-state index in [9.17, 15) is 4.79 Å². The number of rotatable bonds is 9. The summed E-state index contributed by atoms with van der Waals surface area (Å²) in [6.45, 7) is 3.90. The highest BCUT2D eigenvalue weighted by molar-refractivity contribution is 7.98. The number of thioether (sulfide) groups is 2. The molecule has 0 spiro atoms. The minimum Gasteiger partial charge on any atom is -0.369 e. The molecule has 0 radical (unpaired) electrons. The molecule has 0 saturated heterocycles. The first kappa shape index (κ1) is 20.4. The predicted molar refractivity (Wildman–Crippen MR) is 114 cm³/mol. The zero-order valence-corrected chi connectivity index (χ0v) is 17.7. The Morgan fingerprint density at radius 3 is 2.82 bits per heavy atom. The lowest BCUT2D eigenvalue weighted by molar-refractivity contribution is 0.0948. The number of pyridine rings is 1. The summed E-state index contributed by atoms with van der Waals surface area (Å²) >= 11 is 2.94. The lowest BCUT2D eigenvalue weighted by Crippen LogP contribution is -2.28. The Balaban J connectivity index is 1.73. The van der Waals surface area contributed by atoms with Gasteiger partial charge in [-0.3, -0.25) is 4.79 Å². The number of nitrogens with one attached hydrogen (secondary N) is 2. The first-order valence-electron chi connectivity index (χ1n) is 8.96. The van der Waals surface area contributed by atoms with Crippen LogP contribution >= 0.6 is 23.5 Å². The summed E-state index contributed by atoms with van der Waals surface area (Å²) in [6, 6.07) is 3.54. The number of aromatic nitrogens is 5. The molecule has 0 aliphatic rings. The van der Waals surface area contributed by atoms with Crippen LogP contribution in [0.25, 0.3) is 11.0 Å². The molecule has 8 nitrogen and oxygen atoms in total. The summed E-state index contributed by atoms with van der Waals surface area (Å²) in [5.74, 6) is 0.657. The number of hydrogen-bond acceptors (Lipinski definition) is 8. The third-order valence-electron chi connectivity index (χ3n) is 4.02. The van der Waals surface area contributed by atoms with Crippen LogP contribution in [-0.2, 0) is 6.54 Å². The fourth-order valence-corrected chi connectivity index (χ4v) is 3.57. The number of hydrogen-bond donors (Lipinski definition) is 2. The molecule has 28 heavy (non-hydrogen) atoms. The highest BCUT2D eigenvalue weighted by Gasteiger charge is 2.14. The molecule has 0 aromatic carbocycles. The number of nitrogens with zero attached hydrogens (tertiary/aromatic N) is 5. The summed E-state index contributed by atoms with van der Waals surface area (Å²) < 4.78 is 1.80. The smallest absolute Gasteiger partial charge is 0.254 e. The monoisotopic (exact) mass is 417 g/mol. The SMILES string of the molecule is CCCNc1nc(SC)nc2c1cnn2CCNC(=O)c1cccnc1SC. The van der Waals surface area contributed by atoms with Gasteiger partial charge in [-0.2, -0.15) is 5.10 Å². The second-order valence-corrected chi connectivity index (χ2v) is 7.48. The lowest BCUT2D eigenvalue weighted by Gasteiger charge is -2.09. The molecule has 0 aliphatic heterocycles. The normalized spacial score (nSPS) is 11.0. The number of anilines is 1. The maximum absolute atomic E-state index is 12.5. The van der Waals surface area contributed by atoms with Gasteiger partial charge in [0.2, 0.25) is 0 Å². The van der Waals surface area contributed by atoms with Gasteiger partial charge in [-0.05, 0) is 31.1 Å². The van der Waals surface area contributed by atoms with Crippen LogP contribution in [0.3, 0.4) is 0 Å². The van der Waals surface area contributed by atoms with Crippen LogP contribution in [-0.4, -0.2) is 56.2 Å². The Kier molecular flexibility index (Phi) is 7.10. The van der Waals surface area contributed by atoms with E-state index in [0.717, 1.165) is 29.8 Å². The molecule has 0 unspecified atom stereocenters. The van der Waals surface area contributed by atoms with Crippen molar-refractivity contribution in [3.8, 4) is 0 Å². The number of fused-ring (bicyclic) bond motifs is 1. The Labute approximate surface area is 172 Å². The standard InChI is InChI=1S/C18H23N7OS2/c1-4-7-19-14-13-11-22-25(15(13)24-18(23-14)28-3)10-9-20-16(26)12-6-5-8-21-17(12)27-2/h5-6,8,11H,4,7,9-10H2,1-3H3,(H,20,26)(H,19,23,24). The van der Waals surface area contributed by atoms with Gasteiger partial charge in [0, 0.05) is 19.3 Å². The summed E-state index contributed by atoms with van der Waals surface area (Å²) in [5.41, 5.74) is 1.34. The predicted octanol–water partition coefficient (Wildman–Crippen LogP) is 2.92. The number of carbonyl (C=O) groups is 1. The molecular weight excluding hydrogens is 394 g/mol. The van der Waals surface area contributed by atoms with Gasteiger partial charge >= 0.3 is 0 Å². The molecule has 2 N–H and O–H groups in total. The second-order valence-electron chi connectivity index (χ2n) is 5.91. The van der Waals surface area contributed by atoms with Gasteiger partial charge in [0.15, 0.2) is 10.8 Å². The highest BCUT2D eigenvalue weighted by atomic mass is 32.2. The van der Waals surface area contributed by atoms with Crippen molar-refractivity contribution in [1.82, 2.24) is 30.0 Å². The van der Waals surface area contributed by atoms with Crippen LogP contribution in [0, 0.1) is 0 Å². The maximum Gasteiger partial charge on any atom is 0.254 e. The average Bonchev–Trinajstić information content (AvgIpc) is 3.14. The molecular formula is C18H23N7OS2. The largest absolute Gasteiger partial charge is 0.369 e. The summed E-state index contributed by atoms with van der Waals surface area (Å²) in [7, 11) is 0. The van der Waals surface area contributed by atoms with Crippen molar-refractivity contribution in [2.75, 3.05) is 30.9 Å². The van der Waals surface area contributed by atoms with Crippen molar-refractivity contribution in [2.24, 2.45) is 0 Å². The van der Waals surface area contributed by atoms with Crippen molar-refractivity contribution >= 4 is 46.3 Å². The first-order valence-corrected chi connectivity index (χ1v) is 11.4. The molecule has 0 bridgehead atoms. The quantitative estimate of drug-likeness (QED) is 0.405. The van der Waals surface area contributed by atoms with Crippen LogP contribution < -0.4 is 10.6 Å². The molecule has 3 heterocycles. The minimum atomic E-state index is -0.140. The van der Waals surface area contributed by atoms with Crippen molar-refractivity contribution in [3.63, 3.8) is 0 Å². The lowest BCUT2D eigenvalue weighted by atomic mass is 10.2. The fraction of sp³-hybridized carbons (Fsp3) is 0.389. The van der Waals surface area contributed by atoms with E-state index in [0.29, 0.717) is 28.8 Å². The molecule has 148 valence electrons. The minimum absolute atomic E-state index is 0.140. The molecule has 0 atom stereocenters. The summed E-state index contributed by atoms with van der Waals surface area (Å²) in [4.78, 5) is 25.8. The fourth-order valence-electron chi connectivity index (χ4n) is 2.67. The average molecular weight is 418 g/mol. The van der Waals surface area contributed by atoms with Gasteiger partial charge in [0.05, 0.1) is 23.7 Å². The van der Waals surface area contributed by atoms with Crippen molar-refractivity contribution < 1.29 is 4.79 Å². The molecule has 0 fully saturated rings. The first-order chi connectivity index (χ1) is 13.7. The van der Waals surface area contributed by atoms with Gasteiger partial charge in [-0.1, -0.05) is 18.7 Å². The van der Waals surface area contributed by atoms with E-state index in [1.165, 1.54) is 23.5 Å². The Morgan fingerprint density at radius 2 is 2.07 bits per heavy atom. The van der Waals surface area contributed by atoms with Crippen LogP contribution in [0.15, 0.2) is 34.7 Å². The van der Waals surface area contributed by atoms with Crippen LogP contribution in [0.5, 0.6) is 0 Å². The van der Waals surface area contributed by atoms with E-state index in [1.807, 2.05) is 12.5 Å². The Morgan fingerprint density at radius 1 is 1.21 bits per heavy atom. The third-order valence-corrected chi connectivity index (χ3v) is 5.28. The molecule has 1 amide bonds. The van der Waals surface area contributed by atoms with Gasteiger partial charge in [0.1, 0.15) is 10.8 Å². The molecule has 3 aromatic rings. The van der Waals surface area contributed by atoms with E-state index in [1.54, 1.807) is 29.2 Å². The van der Waals surface area contributed by atoms with Crippen LogP contribution in [0.1, 0.15) is 23.7 Å². The van der Waals surface area contributed by atoms with Crippen LogP contribution in [0.4, 0.5) is 5.82 Å². The van der Waals surface area contributed by atoms with Gasteiger partial charge in [-0.25, -0.2) is 19.6 Å². The zero-order chi connectivity index (χ0) is 19.9. The number of carbonyl (C=O) groups excluding carboxylic acids is 1. The van der Waals surface area contributed by atoms with Crippen LogP contribution in [0.2, 0.25) is 0 Å². The van der Waals surface area contributed by atoms with Gasteiger partial charge in [-0.15, -0.1) is 11.8 Å². The molecule has 0 aliphatic carbocycles. The van der Waals surface area contributed by atoms with E-state index in [4.69, 9.17) is 0 Å². The van der Waals surface area contributed by atoms with Gasteiger partial charge < -0.3 is 10.6 Å². The summed E-state index contributed by atoms with van der Waals surface area (Å²) in [5, 5.41) is 13.0. The van der Waals surface area contributed by atoms with E-state index < -0.39 is 0 Å². The second kappa shape index (κ2) is 9.74. The summed E-state index contributed by atoms with van der Waals surface area (Å²) in [6.07, 6.45) is 8.32. The Hall–Kier alpha value is -2.33. The van der Waals surface area contributed by atoms with E-state index in [2.05, 4.69) is 37.6 Å². The van der Waals surface area contributed by atoms with E-state index >= 15 is 0 Å². The third kappa shape index (κ3) is 4.56. The van der Waals surface area contributed by atoms with Crippen molar-refractivity contribution in [2.45, 2.75) is 30.1 Å².